The zero-order chi connectivity index (χ0) is 108. The predicted molar refractivity (Wildman–Crippen MR) is 491 cm³/mol. The second kappa shape index (κ2) is 85.0. The Hall–Kier alpha value is 0.0234. The standard InChI is InChI=1S/2C10H13Cl3O7.2C9H13Cl3O5.2C6H9Cl3O5.C6H12O3.C3H2Cl4O2.2C2H4O2.C2H2.CHCl3.Zn/c2*1-6(14)17-3-8(20-7(2)15)4-18-9(16)5-19-10(11,12)13;2*1-8(2)15-4-6(17-8)3-14-7(13)5-16-9(10,11)12;2*7-6(8,9)14-3-5(12)13-2-4(11)1-10;1-6(2)8-4-5(3-7)9-6;4-2(8)1-9-3(5,6)7;2*1-2(3)4;1-2;2-1(3)4;/h2*8H,3-5H2,1-2H3;2*6H,3-5H2,1-2H3;2*4,10-11H,1-3H2;5,7H,3-4H2,1-2H3;1H2;2*1H3,(H,3,4);1-2H;1H;/i;;;;;;;;;;1D;;. The summed E-state index contributed by atoms with van der Waals surface area (Å²) in [4.78, 5) is 137. The molecule has 3 saturated heterocycles. The molecular weight excluding hydrogens is 2430 g/mol. The molecule has 3 aliphatic heterocycles. The molecule has 43 nitrogen and oxygen atoms in total. The normalized spacial score (nSPS) is 16.2. The predicted octanol–water partition coefficient (Wildman–Crippen LogP) is 11.9. The molecule has 0 amide bonds. The van der Waals surface area contributed by atoms with Crippen molar-refractivity contribution in [1.29, 1.82) is 0 Å². The molecule has 3 aliphatic rings. The smallest absolute Gasteiger partial charge is 0.332 e. The molecule has 794 valence electrons. The van der Waals surface area contributed by atoms with Gasteiger partial charge in [0, 0.05) is 61.0 Å². The van der Waals surface area contributed by atoms with Crippen LogP contribution in [-0.4, -0.2) is 344 Å². The van der Waals surface area contributed by atoms with Crippen LogP contribution in [0.15, 0.2) is 0 Å². The van der Waals surface area contributed by atoms with Crippen LogP contribution < -0.4 is 0 Å². The number of halogens is 25. The van der Waals surface area contributed by atoms with Crippen LogP contribution in [0.3, 0.4) is 0 Å². The Balaban J connectivity index is -0.000000164. The quantitative estimate of drug-likeness (QED) is 0.00774. The van der Waals surface area contributed by atoms with Gasteiger partial charge in [0.1, 0.15) is 131 Å². The largest absolute Gasteiger partial charge is 0.481 e. The minimum atomic E-state index is -2.04. The maximum Gasteiger partial charge on any atom is 0.332 e. The Kier molecular flexibility index (Phi) is 96.2. The number of aliphatic hydroxyl groups is 5. The monoisotopic (exact) mass is 2510 g/mol. The van der Waals surface area contributed by atoms with Crippen molar-refractivity contribution in [2.45, 2.75) is 175 Å². The maximum atomic E-state index is 11.2. The molecule has 0 aromatic heterocycles. The number of carbonyl (C=O) groups is 13. The van der Waals surface area contributed by atoms with Gasteiger partial charge >= 0.3 is 59.7 Å². The number of aliphatic hydroxyl groups excluding tert-OH is 5. The van der Waals surface area contributed by atoms with E-state index in [1.54, 1.807) is 27.7 Å². The van der Waals surface area contributed by atoms with Crippen molar-refractivity contribution in [3.63, 3.8) is 0 Å². The van der Waals surface area contributed by atoms with E-state index in [4.69, 9.17) is 394 Å². The summed E-state index contributed by atoms with van der Waals surface area (Å²) >= 11 is 129. The number of carboxylic acids is 2. The SMILES string of the molecule is CC(=O)O.CC(=O)O.CC(=O)OCC(COC(=O)COC(Cl)(Cl)Cl)OC(C)=O.CC(=O)OCC(COC(=O)COC(Cl)(Cl)Cl)OC(C)=O.CC1(C)OCC(CO)O1.CC1(C)OCC(COC(=O)COC(Cl)(Cl)Cl)O1.CC1(C)OCC(COC(=O)COC(Cl)(Cl)Cl)O1.ClC(Cl)Cl.O=C(COC(Cl)(Cl)Cl)OCC(O)CO.O=C(COC(Cl)(Cl)Cl)OCC(O)CO.O=C(Cl)COC(Cl)(Cl)Cl.[2H]C#C.[Zn]. The number of hydrogen-bond donors (Lipinski definition) is 7. The molecule has 0 spiro atoms. The Labute approximate surface area is 913 Å². The summed E-state index contributed by atoms with van der Waals surface area (Å²) in [5.74, 6) is -10.4. The van der Waals surface area contributed by atoms with Gasteiger partial charge in [-0.1, -0.05) is 278 Å². The van der Waals surface area contributed by atoms with Crippen molar-refractivity contribution < 1.29 is 228 Å². The Morgan fingerprint density at radius 1 is 0.363 bits per heavy atom. The first-order chi connectivity index (χ1) is 60.9. The Bertz CT molecular complexity index is 3160. The molecule has 0 bridgehead atoms. The van der Waals surface area contributed by atoms with E-state index in [1.165, 1.54) is 20.2 Å². The molecule has 69 heteroatoms. The van der Waals surface area contributed by atoms with Gasteiger partial charge in [-0.2, -0.15) is 0 Å². The van der Waals surface area contributed by atoms with E-state index in [0.717, 1.165) is 27.7 Å². The van der Waals surface area contributed by atoms with Gasteiger partial charge < -0.3 is 145 Å². The average Bonchev–Trinajstić information content (AvgIpc) is 1.74. The summed E-state index contributed by atoms with van der Waals surface area (Å²) in [6.45, 7) is 12.7. The van der Waals surface area contributed by atoms with Crippen LogP contribution >= 0.6 is 290 Å². The van der Waals surface area contributed by atoms with E-state index in [9.17, 15) is 52.7 Å². The molecule has 7 unspecified atom stereocenters. The summed E-state index contributed by atoms with van der Waals surface area (Å²) in [6.07, 6.45) is 0.975. The molecule has 3 fully saturated rings. The molecule has 7 N–H and O–H groups in total. The topological polar surface area (TPSA) is 576 Å². The van der Waals surface area contributed by atoms with Gasteiger partial charge in [-0.25, -0.2) is 28.8 Å². The zero-order valence-corrected chi connectivity index (χ0v) is 93.9. The first-order valence-electron chi connectivity index (χ1n) is 35.4. The fraction of sp³-hybridized carbons (Fsp3) is 0.773. The van der Waals surface area contributed by atoms with E-state index in [1.807, 2.05) is 13.8 Å². The third kappa shape index (κ3) is 140. The number of esters is 10. The van der Waals surface area contributed by atoms with Crippen molar-refractivity contribution >= 4 is 367 Å². The van der Waals surface area contributed by atoms with E-state index in [-0.39, 0.29) is 97.3 Å². The maximum absolute atomic E-state index is 11.2. The minimum Gasteiger partial charge on any atom is -0.481 e. The second-order valence-corrected chi connectivity index (χ2v) is 41.8. The van der Waals surface area contributed by atoms with Gasteiger partial charge in [-0.05, 0) is 53.1 Å². The van der Waals surface area contributed by atoms with E-state index in [0.29, 0.717) is 19.8 Å². The molecule has 0 aromatic carbocycles. The summed E-state index contributed by atoms with van der Waals surface area (Å²) in [6, 6.07) is 0. The molecule has 7 atom stereocenters. The summed E-state index contributed by atoms with van der Waals surface area (Å²) in [7, 11) is 0. The molecule has 3 heterocycles. The fourth-order valence-corrected chi connectivity index (χ4v) is 7.33. The second-order valence-electron chi connectivity index (χ2n) is 24.2. The number of carboxylic acid groups (broad SMARTS) is 2. The van der Waals surface area contributed by atoms with Crippen LogP contribution in [0.2, 0.25) is 0 Å². The molecule has 0 saturated carbocycles. The summed E-state index contributed by atoms with van der Waals surface area (Å²) in [5.41, 5.74) is 0. The Morgan fingerprint density at radius 3 is 0.696 bits per heavy atom. The molecule has 0 aliphatic carbocycles. The van der Waals surface area contributed by atoms with Crippen molar-refractivity contribution in [2.24, 2.45) is 0 Å². The molecule has 0 aromatic rings. The van der Waals surface area contributed by atoms with E-state index < -0.39 is 210 Å². The van der Waals surface area contributed by atoms with Crippen LogP contribution in [-0.2, 0) is 191 Å². The van der Waals surface area contributed by atoms with E-state index in [2.05, 4.69) is 58.5 Å². The summed E-state index contributed by atoms with van der Waals surface area (Å²) in [5, 5.41) is 57.0. The van der Waals surface area contributed by atoms with Gasteiger partial charge in [-0.3, -0.25) is 33.6 Å². The number of terminal acetylenes is 1. The van der Waals surface area contributed by atoms with Crippen LogP contribution in [0.5, 0.6) is 0 Å². The number of carbonyl (C=O) groups excluding carboxylic acids is 11. The molecular formula is C66H95Cl25O43Zn. The van der Waals surface area contributed by atoms with Crippen molar-refractivity contribution in [2.75, 3.05) is 139 Å². The number of rotatable bonds is 35. The van der Waals surface area contributed by atoms with Crippen molar-refractivity contribution in [1.82, 2.24) is 0 Å². The number of aliphatic carboxylic acids is 2. The van der Waals surface area contributed by atoms with Gasteiger partial charge in [-0.15, -0.1) is 12.8 Å². The van der Waals surface area contributed by atoms with Gasteiger partial charge in [0.25, 0.3) is 39.8 Å². The van der Waals surface area contributed by atoms with Crippen LogP contribution in [0.25, 0.3) is 0 Å². The first kappa shape index (κ1) is 153. The molecule has 135 heavy (non-hydrogen) atoms. The molecule has 0 radical (unpaired) electrons. The Morgan fingerprint density at radius 2 is 0.548 bits per heavy atom. The third-order valence-corrected chi connectivity index (χ3v) is 12.9. The van der Waals surface area contributed by atoms with Gasteiger partial charge in [0.05, 0.1) is 39.6 Å². The van der Waals surface area contributed by atoms with Crippen LogP contribution in [0.4, 0.5) is 0 Å². The molecule has 3 rings (SSSR count). The van der Waals surface area contributed by atoms with Gasteiger partial charge in [0.2, 0.25) is 5.24 Å². The number of alkyl halides is 24. The number of hydrogen-bond acceptors (Lipinski definition) is 41. The van der Waals surface area contributed by atoms with Crippen molar-refractivity contribution in [3.8, 4) is 12.8 Å². The average molecular weight is 2530 g/mol. The van der Waals surface area contributed by atoms with Gasteiger partial charge in [0.15, 0.2) is 33.9 Å². The van der Waals surface area contributed by atoms with Crippen LogP contribution in [0, 0.1) is 12.8 Å². The zero-order valence-electron chi connectivity index (χ0n) is 73.0. The van der Waals surface area contributed by atoms with Crippen molar-refractivity contribution in [3.05, 3.63) is 0 Å². The minimum absolute atomic E-state index is 0. The van der Waals surface area contributed by atoms with Crippen LogP contribution in [0.1, 0.15) is 84.5 Å². The van der Waals surface area contributed by atoms with E-state index >= 15 is 0 Å². The first-order valence-corrected chi connectivity index (χ1v) is 44.6. The fourth-order valence-electron chi connectivity index (χ4n) is 6.13. The third-order valence-electron chi connectivity index (χ3n) is 10.5. The summed E-state index contributed by atoms with van der Waals surface area (Å²) < 4.78 is 101. The number of ether oxygens (including phenoxy) is 23.